The first-order chi connectivity index (χ1) is 11.4. The molecule has 0 spiro atoms. The molecule has 0 unspecified atom stereocenters. The second-order valence-corrected chi connectivity index (χ2v) is 7.23. The molecule has 2 amide bonds. The molecule has 0 radical (unpaired) electrons. The summed E-state index contributed by atoms with van der Waals surface area (Å²) in [7, 11) is 0. The molecular weight excluding hydrogens is 505 g/mol. The van der Waals surface area contributed by atoms with Crippen LogP contribution in [0.15, 0.2) is 46.9 Å². The predicted molar refractivity (Wildman–Crippen MR) is 109 cm³/mol. The van der Waals surface area contributed by atoms with Crippen LogP contribution in [0, 0.1) is 10.5 Å². The molecule has 0 atom stereocenters. The SMILES string of the molecule is Cc1ccc(C(=O)NC(=S)NNC(=O)c2ccccc2Br)cc1I. The summed E-state index contributed by atoms with van der Waals surface area (Å²) in [5.41, 5.74) is 6.99. The van der Waals surface area contributed by atoms with Crippen molar-refractivity contribution in [1.82, 2.24) is 16.2 Å². The van der Waals surface area contributed by atoms with Crippen molar-refractivity contribution in [2.75, 3.05) is 0 Å². The van der Waals surface area contributed by atoms with Gasteiger partial charge in [-0.05, 0) is 87.5 Å². The summed E-state index contributed by atoms with van der Waals surface area (Å²) in [6, 6.07) is 12.3. The lowest BCUT2D eigenvalue weighted by atomic mass is 10.1. The minimum Gasteiger partial charge on any atom is -0.298 e. The Morgan fingerprint density at radius 1 is 1.08 bits per heavy atom. The van der Waals surface area contributed by atoms with Crippen molar-refractivity contribution in [1.29, 1.82) is 0 Å². The fourth-order valence-electron chi connectivity index (χ4n) is 1.77. The third kappa shape index (κ3) is 4.99. The fraction of sp³-hybridized carbons (Fsp3) is 0.0625. The van der Waals surface area contributed by atoms with Crippen LogP contribution in [0.3, 0.4) is 0 Å². The molecule has 0 saturated carbocycles. The Kier molecular flexibility index (Phi) is 6.69. The lowest BCUT2D eigenvalue weighted by Crippen LogP contribution is -2.48. The Hall–Kier alpha value is -1.52. The van der Waals surface area contributed by atoms with Gasteiger partial charge in [-0.15, -0.1) is 0 Å². The Bertz CT molecular complexity index is 814. The van der Waals surface area contributed by atoms with Crippen molar-refractivity contribution in [3.63, 3.8) is 0 Å². The van der Waals surface area contributed by atoms with Gasteiger partial charge in [-0.3, -0.25) is 25.8 Å². The van der Waals surface area contributed by atoms with Crippen LogP contribution in [0.4, 0.5) is 0 Å². The van der Waals surface area contributed by atoms with Crippen molar-refractivity contribution in [3.8, 4) is 0 Å². The molecule has 0 fully saturated rings. The van der Waals surface area contributed by atoms with E-state index < -0.39 is 0 Å². The number of thiocarbonyl (C=S) groups is 1. The van der Waals surface area contributed by atoms with E-state index in [4.69, 9.17) is 12.2 Å². The van der Waals surface area contributed by atoms with Crippen LogP contribution < -0.4 is 16.2 Å². The van der Waals surface area contributed by atoms with E-state index in [0.29, 0.717) is 15.6 Å². The normalized spacial score (nSPS) is 9.96. The van der Waals surface area contributed by atoms with E-state index in [1.54, 1.807) is 30.3 Å². The maximum absolute atomic E-state index is 12.1. The minimum atomic E-state index is -0.371. The maximum Gasteiger partial charge on any atom is 0.270 e. The van der Waals surface area contributed by atoms with E-state index in [1.807, 2.05) is 19.1 Å². The quantitative estimate of drug-likeness (QED) is 0.325. The summed E-state index contributed by atoms with van der Waals surface area (Å²) < 4.78 is 1.65. The Morgan fingerprint density at radius 2 is 1.79 bits per heavy atom. The van der Waals surface area contributed by atoms with Crippen LogP contribution in [0.5, 0.6) is 0 Å². The molecule has 5 nitrogen and oxygen atoms in total. The van der Waals surface area contributed by atoms with Crippen molar-refractivity contribution in [2.24, 2.45) is 0 Å². The van der Waals surface area contributed by atoms with Crippen molar-refractivity contribution in [2.45, 2.75) is 6.92 Å². The average Bonchev–Trinajstić information content (AvgIpc) is 2.55. The highest BCUT2D eigenvalue weighted by Crippen LogP contribution is 2.15. The highest BCUT2D eigenvalue weighted by molar-refractivity contribution is 14.1. The van der Waals surface area contributed by atoms with Crippen LogP contribution in [0.2, 0.25) is 0 Å². The number of nitrogens with one attached hydrogen (secondary N) is 3. The second-order valence-electron chi connectivity index (χ2n) is 4.81. The molecule has 2 rings (SSSR count). The molecule has 3 N–H and O–H groups in total. The van der Waals surface area contributed by atoms with E-state index >= 15 is 0 Å². The third-order valence-electron chi connectivity index (χ3n) is 3.07. The van der Waals surface area contributed by atoms with Gasteiger partial charge in [0.05, 0.1) is 5.56 Å². The zero-order valence-corrected chi connectivity index (χ0v) is 17.1. The van der Waals surface area contributed by atoms with E-state index in [-0.39, 0.29) is 16.9 Å². The fourth-order valence-corrected chi connectivity index (χ4v) is 2.89. The molecule has 0 heterocycles. The summed E-state index contributed by atoms with van der Waals surface area (Å²) in [4.78, 5) is 24.2. The summed E-state index contributed by atoms with van der Waals surface area (Å²) in [6.45, 7) is 1.97. The van der Waals surface area contributed by atoms with Gasteiger partial charge in [0.2, 0.25) is 0 Å². The van der Waals surface area contributed by atoms with Gasteiger partial charge in [-0.1, -0.05) is 18.2 Å². The van der Waals surface area contributed by atoms with Gasteiger partial charge < -0.3 is 0 Å². The molecule has 0 aliphatic carbocycles. The van der Waals surface area contributed by atoms with Crippen LogP contribution in [-0.2, 0) is 0 Å². The Balaban J connectivity index is 1.91. The first-order valence-electron chi connectivity index (χ1n) is 6.81. The standard InChI is InChI=1S/C16H13BrIN3O2S/c1-9-6-7-10(8-13(9)18)14(22)19-16(24)21-20-15(23)11-4-2-3-5-12(11)17/h2-8H,1H3,(H,20,23)(H2,19,21,22,24). The number of amides is 2. The molecule has 0 saturated heterocycles. The number of benzene rings is 2. The highest BCUT2D eigenvalue weighted by Gasteiger charge is 2.11. The first-order valence-corrected chi connectivity index (χ1v) is 9.09. The number of halogens is 2. The number of hydrogen-bond donors (Lipinski definition) is 3. The van der Waals surface area contributed by atoms with Gasteiger partial charge in [0, 0.05) is 13.6 Å². The van der Waals surface area contributed by atoms with E-state index in [9.17, 15) is 9.59 Å². The first kappa shape index (κ1) is 18.8. The number of aryl methyl sites for hydroxylation is 1. The summed E-state index contributed by atoms with van der Waals surface area (Å²) in [6.07, 6.45) is 0. The van der Waals surface area contributed by atoms with Gasteiger partial charge in [-0.25, -0.2) is 0 Å². The van der Waals surface area contributed by atoms with Crippen LogP contribution in [-0.4, -0.2) is 16.9 Å². The Labute approximate surface area is 166 Å². The number of carbonyl (C=O) groups excluding carboxylic acids is 2. The van der Waals surface area contributed by atoms with Gasteiger partial charge in [0.25, 0.3) is 11.8 Å². The topological polar surface area (TPSA) is 70.2 Å². The lowest BCUT2D eigenvalue weighted by Gasteiger charge is -2.12. The summed E-state index contributed by atoms with van der Waals surface area (Å²) >= 11 is 10.5. The molecule has 24 heavy (non-hydrogen) atoms. The van der Waals surface area contributed by atoms with Crippen LogP contribution in [0.1, 0.15) is 26.3 Å². The van der Waals surface area contributed by atoms with Crippen molar-refractivity contribution < 1.29 is 9.59 Å². The summed E-state index contributed by atoms with van der Waals surface area (Å²) in [5, 5.41) is 2.53. The zero-order chi connectivity index (χ0) is 17.7. The molecule has 2 aromatic rings. The van der Waals surface area contributed by atoms with Gasteiger partial charge in [0.15, 0.2) is 5.11 Å². The van der Waals surface area contributed by atoms with E-state index in [0.717, 1.165) is 9.13 Å². The molecule has 124 valence electrons. The molecule has 0 aromatic heterocycles. The monoisotopic (exact) mass is 517 g/mol. The number of rotatable bonds is 2. The zero-order valence-electron chi connectivity index (χ0n) is 12.5. The number of hydrogen-bond acceptors (Lipinski definition) is 3. The minimum absolute atomic E-state index is 0.0102. The molecule has 8 heteroatoms. The third-order valence-corrected chi connectivity index (χ3v) is 5.13. The molecule has 0 aliphatic heterocycles. The van der Waals surface area contributed by atoms with Crippen molar-refractivity contribution in [3.05, 3.63) is 67.2 Å². The smallest absolute Gasteiger partial charge is 0.270 e. The van der Waals surface area contributed by atoms with Crippen molar-refractivity contribution >= 4 is 67.7 Å². The molecule has 0 bridgehead atoms. The number of carbonyl (C=O) groups is 2. The lowest BCUT2D eigenvalue weighted by molar-refractivity contribution is 0.0934. The van der Waals surface area contributed by atoms with Gasteiger partial charge >= 0.3 is 0 Å². The molecule has 0 aliphatic rings. The Morgan fingerprint density at radius 3 is 2.46 bits per heavy atom. The number of hydrazine groups is 1. The second kappa shape index (κ2) is 8.54. The molecule has 2 aromatic carbocycles. The predicted octanol–water partition coefficient (Wildman–Crippen LogP) is 3.31. The average molecular weight is 518 g/mol. The van der Waals surface area contributed by atoms with Gasteiger partial charge in [0.1, 0.15) is 0 Å². The summed E-state index contributed by atoms with van der Waals surface area (Å²) in [5.74, 6) is -0.718. The van der Waals surface area contributed by atoms with Crippen LogP contribution >= 0.6 is 50.7 Å². The van der Waals surface area contributed by atoms with E-state index in [2.05, 4.69) is 54.7 Å². The largest absolute Gasteiger partial charge is 0.298 e. The molecular formula is C16H13BrIN3O2S. The van der Waals surface area contributed by atoms with Gasteiger partial charge in [-0.2, -0.15) is 0 Å². The van der Waals surface area contributed by atoms with Crippen LogP contribution in [0.25, 0.3) is 0 Å². The highest BCUT2D eigenvalue weighted by atomic mass is 127. The maximum atomic E-state index is 12.1. The van der Waals surface area contributed by atoms with E-state index in [1.165, 1.54) is 0 Å².